The molecule has 0 radical (unpaired) electrons. The molecule has 176 valence electrons. The van der Waals surface area contributed by atoms with Crippen LogP contribution in [0.15, 0.2) is 47.3 Å². The minimum absolute atomic E-state index is 0.0177. The molecule has 1 atom stereocenters. The summed E-state index contributed by atoms with van der Waals surface area (Å²) < 4.78 is 59.9. The Balaban J connectivity index is 2.12. The van der Waals surface area contributed by atoms with E-state index < -0.39 is 35.1 Å². The zero-order chi connectivity index (χ0) is 24.3. The highest BCUT2D eigenvalue weighted by atomic mass is 19.4. The SMILES string of the molecule is CCC(Cn1c(=O)c(C(=O)NCc2cccc(F)c2)c(C)c2ccc(C(F)(F)F)cc21)OC. The molecule has 0 aliphatic carbocycles. The maximum absolute atomic E-state index is 13.4. The smallest absolute Gasteiger partial charge is 0.380 e. The minimum atomic E-state index is -4.59. The maximum atomic E-state index is 13.4. The molecule has 0 spiro atoms. The van der Waals surface area contributed by atoms with Gasteiger partial charge in [0.15, 0.2) is 0 Å². The molecule has 1 unspecified atom stereocenters. The van der Waals surface area contributed by atoms with Crippen LogP contribution in [0.2, 0.25) is 0 Å². The number of fused-ring (bicyclic) bond motifs is 1. The third kappa shape index (κ3) is 5.24. The summed E-state index contributed by atoms with van der Waals surface area (Å²) in [5.74, 6) is -1.15. The van der Waals surface area contributed by atoms with E-state index in [0.29, 0.717) is 17.4 Å². The van der Waals surface area contributed by atoms with Gasteiger partial charge in [0.05, 0.1) is 23.7 Å². The molecule has 2 aromatic carbocycles. The van der Waals surface area contributed by atoms with E-state index in [9.17, 15) is 27.2 Å². The molecule has 3 rings (SSSR count). The van der Waals surface area contributed by atoms with Gasteiger partial charge in [0.25, 0.3) is 11.5 Å². The highest BCUT2D eigenvalue weighted by Gasteiger charge is 2.31. The molecule has 1 heterocycles. The van der Waals surface area contributed by atoms with E-state index in [-0.39, 0.29) is 29.7 Å². The number of nitrogens with zero attached hydrogens (tertiary/aromatic N) is 1. The molecule has 0 saturated heterocycles. The molecule has 1 amide bonds. The largest absolute Gasteiger partial charge is 0.416 e. The number of methoxy groups -OCH3 is 1. The third-order valence-corrected chi connectivity index (χ3v) is 5.60. The second kappa shape index (κ2) is 9.74. The van der Waals surface area contributed by atoms with Crippen LogP contribution in [0, 0.1) is 12.7 Å². The van der Waals surface area contributed by atoms with Crippen LogP contribution in [0.3, 0.4) is 0 Å². The van der Waals surface area contributed by atoms with Gasteiger partial charge in [-0.2, -0.15) is 13.2 Å². The normalized spacial score (nSPS) is 12.7. The average molecular weight is 464 g/mol. The third-order valence-electron chi connectivity index (χ3n) is 5.60. The first kappa shape index (κ1) is 24.4. The summed E-state index contributed by atoms with van der Waals surface area (Å²) in [6.45, 7) is 3.31. The summed E-state index contributed by atoms with van der Waals surface area (Å²) in [6.07, 6.45) is -4.51. The molecule has 0 saturated carbocycles. The average Bonchev–Trinajstić information content (AvgIpc) is 2.77. The summed E-state index contributed by atoms with van der Waals surface area (Å²) in [7, 11) is 1.45. The fourth-order valence-electron chi connectivity index (χ4n) is 3.73. The minimum Gasteiger partial charge on any atom is -0.380 e. The molecule has 1 aromatic heterocycles. The molecule has 0 bridgehead atoms. The van der Waals surface area contributed by atoms with Crippen molar-refractivity contribution in [2.75, 3.05) is 7.11 Å². The van der Waals surface area contributed by atoms with E-state index >= 15 is 0 Å². The lowest BCUT2D eigenvalue weighted by molar-refractivity contribution is -0.137. The first-order chi connectivity index (χ1) is 15.6. The number of ether oxygens (including phenoxy) is 1. The van der Waals surface area contributed by atoms with Crippen molar-refractivity contribution >= 4 is 16.8 Å². The summed E-state index contributed by atoms with van der Waals surface area (Å²) >= 11 is 0. The van der Waals surface area contributed by atoms with Gasteiger partial charge < -0.3 is 14.6 Å². The number of aromatic nitrogens is 1. The van der Waals surface area contributed by atoms with Gasteiger partial charge in [0.1, 0.15) is 11.4 Å². The number of hydrogen-bond acceptors (Lipinski definition) is 3. The van der Waals surface area contributed by atoms with Gasteiger partial charge in [-0.05, 0) is 48.7 Å². The molecule has 0 aliphatic rings. The molecule has 3 aromatic rings. The topological polar surface area (TPSA) is 60.3 Å². The van der Waals surface area contributed by atoms with E-state index in [1.54, 1.807) is 6.07 Å². The predicted molar refractivity (Wildman–Crippen MR) is 117 cm³/mol. The Morgan fingerprint density at radius 2 is 1.91 bits per heavy atom. The number of hydrogen-bond donors (Lipinski definition) is 1. The van der Waals surface area contributed by atoms with Crippen molar-refractivity contribution in [1.29, 1.82) is 0 Å². The Hall–Kier alpha value is -3.20. The Bertz CT molecular complexity index is 1230. The van der Waals surface area contributed by atoms with Crippen molar-refractivity contribution in [3.05, 3.63) is 80.9 Å². The van der Waals surface area contributed by atoms with Gasteiger partial charge in [-0.3, -0.25) is 9.59 Å². The van der Waals surface area contributed by atoms with Gasteiger partial charge in [0.2, 0.25) is 0 Å². The fourth-order valence-corrected chi connectivity index (χ4v) is 3.73. The lowest BCUT2D eigenvalue weighted by Crippen LogP contribution is -2.36. The highest BCUT2D eigenvalue weighted by molar-refractivity contribution is 6.00. The van der Waals surface area contributed by atoms with Crippen molar-refractivity contribution in [1.82, 2.24) is 9.88 Å². The van der Waals surface area contributed by atoms with Gasteiger partial charge in [0, 0.05) is 19.0 Å². The number of amides is 1. The number of rotatable bonds is 7. The number of carbonyl (C=O) groups excluding carboxylic acids is 1. The van der Waals surface area contributed by atoms with Crippen LogP contribution < -0.4 is 10.9 Å². The number of aryl methyl sites for hydroxylation is 1. The molecule has 9 heteroatoms. The van der Waals surface area contributed by atoms with Crippen LogP contribution in [-0.4, -0.2) is 23.7 Å². The fraction of sp³-hybridized carbons (Fsp3) is 0.333. The first-order valence-electron chi connectivity index (χ1n) is 10.4. The lowest BCUT2D eigenvalue weighted by atomic mass is 10.0. The predicted octanol–water partition coefficient (Wildman–Crippen LogP) is 4.82. The molecule has 1 N–H and O–H groups in total. The molecule has 0 aliphatic heterocycles. The lowest BCUT2D eigenvalue weighted by Gasteiger charge is -2.20. The summed E-state index contributed by atoms with van der Waals surface area (Å²) in [6, 6.07) is 8.76. The second-order valence-electron chi connectivity index (χ2n) is 7.72. The molecular weight excluding hydrogens is 440 g/mol. The van der Waals surface area contributed by atoms with Crippen molar-refractivity contribution in [2.24, 2.45) is 0 Å². The molecular formula is C24H24F4N2O3. The quantitative estimate of drug-likeness (QED) is 0.510. The standard InChI is InChI=1S/C24H24F4N2O3/c1-4-18(33-3)13-30-20-11-16(24(26,27)28)8-9-19(20)14(2)21(23(30)32)22(31)29-12-15-6-5-7-17(25)10-15/h5-11,18H,4,12-13H2,1-3H3,(H,29,31). The van der Waals surface area contributed by atoms with Gasteiger partial charge in [-0.15, -0.1) is 0 Å². The van der Waals surface area contributed by atoms with Gasteiger partial charge >= 0.3 is 6.18 Å². The van der Waals surface area contributed by atoms with Gasteiger partial charge in [-0.1, -0.05) is 25.1 Å². The second-order valence-corrected chi connectivity index (χ2v) is 7.72. The van der Waals surface area contributed by atoms with Crippen molar-refractivity contribution in [3.8, 4) is 0 Å². The van der Waals surface area contributed by atoms with E-state index in [1.165, 1.54) is 38.3 Å². The van der Waals surface area contributed by atoms with Crippen LogP contribution in [0.4, 0.5) is 17.6 Å². The van der Waals surface area contributed by atoms with Crippen molar-refractivity contribution in [3.63, 3.8) is 0 Å². The van der Waals surface area contributed by atoms with Crippen LogP contribution in [0.5, 0.6) is 0 Å². The Morgan fingerprint density at radius 3 is 2.52 bits per heavy atom. The zero-order valence-electron chi connectivity index (χ0n) is 18.4. The zero-order valence-corrected chi connectivity index (χ0v) is 18.4. The van der Waals surface area contributed by atoms with E-state index in [4.69, 9.17) is 4.74 Å². The molecule has 33 heavy (non-hydrogen) atoms. The Morgan fingerprint density at radius 1 is 1.18 bits per heavy atom. The number of carbonyl (C=O) groups is 1. The van der Waals surface area contributed by atoms with Crippen LogP contribution in [0.25, 0.3) is 10.9 Å². The number of pyridine rings is 1. The summed E-state index contributed by atoms with van der Waals surface area (Å²) in [5, 5.41) is 2.95. The van der Waals surface area contributed by atoms with Gasteiger partial charge in [-0.25, -0.2) is 4.39 Å². The van der Waals surface area contributed by atoms with Crippen LogP contribution in [0.1, 0.15) is 40.4 Å². The number of benzene rings is 2. The monoisotopic (exact) mass is 464 g/mol. The Labute approximate surface area is 188 Å². The maximum Gasteiger partial charge on any atom is 0.416 e. The van der Waals surface area contributed by atoms with Crippen LogP contribution >= 0.6 is 0 Å². The molecule has 0 fully saturated rings. The Kier molecular flexibility index (Phi) is 7.22. The number of halogens is 4. The number of nitrogens with one attached hydrogen (secondary N) is 1. The summed E-state index contributed by atoms with van der Waals surface area (Å²) in [4.78, 5) is 26.3. The van der Waals surface area contributed by atoms with E-state index in [2.05, 4.69) is 5.32 Å². The number of alkyl halides is 3. The van der Waals surface area contributed by atoms with E-state index in [1.807, 2.05) is 6.92 Å². The summed E-state index contributed by atoms with van der Waals surface area (Å²) in [5.41, 5.74) is -0.943. The van der Waals surface area contributed by atoms with Crippen molar-refractivity contribution in [2.45, 2.75) is 45.6 Å². The van der Waals surface area contributed by atoms with E-state index in [0.717, 1.165) is 16.7 Å². The van der Waals surface area contributed by atoms with Crippen LogP contribution in [-0.2, 0) is 24.0 Å². The highest BCUT2D eigenvalue weighted by Crippen LogP contribution is 2.32. The first-order valence-corrected chi connectivity index (χ1v) is 10.4. The van der Waals surface area contributed by atoms with Crippen molar-refractivity contribution < 1.29 is 27.1 Å². The molecule has 5 nitrogen and oxygen atoms in total.